The molecule has 2 rings (SSSR count). The van der Waals surface area contributed by atoms with Gasteiger partial charge in [0.1, 0.15) is 0 Å². The van der Waals surface area contributed by atoms with Gasteiger partial charge in [0.25, 0.3) is 0 Å². The first-order valence-corrected chi connectivity index (χ1v) is 7.02. The minimum Gasteiger partial charge on any atom is -0.351 e. The summed E-state index contributed by atoms with van der Waals surface area (Å²) < 4.78 is 0. The lowest BCUT2D eigenvalue weighted by atomic mass is 9.91. The third-order valence-electron chi connectivity index (χ3n) is 4.44. The second-order valence-corrected chi connectivity index (χ2v) is 6.49. The fraction of sp³-hybridized carbons (Fsp3) is 0.929. The number of rotatable bonds is 4. The van der Waals surface area contributed by atoms with Crippen LogP contribution >= 0.6 is 0 Å². The van der Waals surface area contributed by atoms with Gasteiger partial charge in [-0.1, -0.05) is 13.3 Å². The highest BCUT2D eigenvalue weighted by Crippen LogP contribution is 2.58. The minimum absolute atomic E-state index is 0.0392. The molecule has 98 valence electrons. The van der Waals surface area contributed by atoms with Crippen LogP contribution in [0.25, 0.3) is 0 Å². The summed E-state index contributed by atoms with van der Waals surface area (Å²) in [5.41, 5.74) is 0.320. The lowest BCUT2D eigenvalue weighted by Crippen LogP contribution is -2.45. The molecule has 1 atom stereocenters. The van der Waals surface area contributed by atoms with E-state index in [0.717, 1.165) is 32.4 Å². The first-order chi connectivity index (χ1) is 7.99. The van der Waals surface area contributed by atoms with E-state index in [1.165, 1.54) is 12.8 Å². The molecule has 1 heterocycles. The maximum absolute atomic E-state index is 12.2. The molecule has 0 aromatic carbocycles. The lowest BCUT2D eigenvalue weighted by Gasteiger charge is -2.28. The van der Waals surface area contributed by atoms with Gasteiger partial charge in [-0.25, -0.2) is 0 Å². The Bertz CT molecular complexity index is 293. The average molecular weight is 238 g/mol. The van der Waals surface area contributed by atoms with E-state index in [9.17, 15) is 4.79 Å². The molecule has 3 nitrogen and oxygen atoms in total. The van der Waals surface area contributed by atoms with Crippen LogP contribution in [-0.2, 0) is 4.79 Å². The average Bonchev–Trinajstić information content (AvgIpc) is 2.92. The predicted molar refractivity (Wildman–Crippen MR) is 69.8 cm³/mol. The molecule has 2 fully saturated rings. The zero-order chi connectivity index (χ0) is 12.5. The summed E-state index contributed by atoms with van der Waals surface area (Å²) in [4.78, 5) is 12.2. The molecule has 1 aliphatic carbocycles. The van der Waals surface area contributed by atoms with Crippen LogP contribution in [0.4, 0.5) is 0 Å². The largest absolute Gasteiger partial charge is 0.351 e. The van der Waals surface area contributed by atoms with E-state index < -0.39 is 0 Å². The summed E-state index contributed by atoms with van der Waals surface area (Å²) in [5, 5.41) is 6.61. The van der Waals surface area contributed by atoms with Crippen molar-refractivity contribution in [3.05, 3.63) is 0 Å². The molecule has 0 bridgehead atoms. The van der Waals surface area contributed by atoms with Gasteiger partial charge in [0, 0.05) is 11.5 Å². The highest BCUT2D eigenvalue weighted by molar-refractivity contribution is 5.83. The van der Waals surface area contributed by atoms with Crippen LogP contribution < -0.4 is 10.6 Å². The molecule has 1 amide bonds. The first kappa shape index (κ1) is 12.9. The van der Waals surface area contributed by atoms with Crippen molar-refractivity contribution in [3.63, 3.8) is 0 Å². The quantitative estimate of drug-likeness (QED) is 0.787. The lowest BCUT2D eigenvalue weighted by molar-refractivity contribution is -0.125. The number of carbonyl (C=O) groups excluding carboxylic acids is 1. The zero-order valence-corrected chi connectivity index (χ0v) is 11.4. The molecular weight excluding hydrogens is 212 g/mol. The van der Waals surface area contributed by atoms with E-state index in [0.29, 0.717) is 17.2 Å². The molecule has 0 radical (unpaired) electrons. The standard InChI is InChI=1S/C14H26N2O/c1-4-5-13(2,3)16-12(17)11-10-14(11)6-8-15-9-7-14/h11,15H,4-10H2,1-3H3,(H,16,17). The van der Waals surface area contributed by atoms with Crippen molar-refractivity contribution < 1.29 is 4.79 Å². The highest BCUT2D eigenvalue weighted by Gasteiger charge is 2.57. The second-order valence-electron chi connectivity index (χ2n) is 6.49. The summed E-state index contributed by atoms with van der Waals surface area (Å²) in [6.07, 6.45) is 5.65. The van der Waals surface area contributed by atoms with Gasteiger partial charge < -0.3 is 10.6 Å². The van der Waals surface area contributed by atoms with Gasteiger partial charge in [-0.05, 0) is 58.0 Å². The van der Waals surface area contributed by atoms with Gasteiger partial charge in [-0.2, -0.15) is 0 Å². The van der Waals surface area contributed by atoms with E-state index in [2.05, 4.69) is 31.4 Å². The molecule has 0 aromatic heterocycles. The van der Waals surface area contributed by atoms with Crippen LogP contribution in [0.5, 0.6) is 0 Å². The Labute approximate surface area is 105 Å². The van der Waals surface area contributed by atoms with E-state index in [4.69, 9.17) is 0 Å². The van der Waals surface area contributed by atoms with Crippen molar-refractivity contribution in [3.8, 4) is 0 Å². The van der Waals surface area contributed by atoms with E-state index in [1.807, 2.05) is 0 Å². The third kappa shape index (κ3) is 2.82. The molecule has 1 spiro atoms. The molecule has 2 aliphatic rings. The van der Waals surface area contributed by atoms with Crippen molar-refractivity contribution >= 4 is 5.91 Å². The molecule has 1 saturated heterocycles. The Morgan fingerprint density at radius 1 is 1.41 bits per heavy atom. The van der Waals surface area contributed by atoms with Gasteiger partial charge in [0.2, 0.25) is 5.91 Å². The molecule has 17 heavy (non-hydrogen) atoms. The van der Waals surface area contributed by atoms with Gasteiger partial charge in [0.15, 0.2) is 0 Å². The van der Waals surface area contributed by atoms with Gasteiger partial charge in [-0.15, -0.1) is 0 Å². The Morgan fingerprint density at radius 2 is 2.06 bits per heavy atom. The monoisotopic (exact) mass is 238 g/mol. The summed E-state index contributed by atoms with van der Waals surface area (Å²) in [6.45, 7) is 8.60. The summed E-state index contributed by atoms with van der Waals surface area (Å²) in [5.74, 6) is 0.589. The fourth-order valence-corrected chi connectivity index (χ4v) is 3.30. The SMILES string of the molecule is CCCC(C)(C)NC(=O)C1CC12CCNCC2. The van der Waals surface area contributed by atoms with Crippen LogP contribution in [0.1, 0.15) is 52.9 Å². The maximum atomic E-state index is 12.2. The van der Waals surface area contributed by atoms with Crippen molar-refractivity contribution in [2.45, 2.75) is 58.4 Å². The summed E-state index contributed by atoms with van der Waals surface area (Å²) in [7, 11) is 0. The van der Waals surface area contributed by atoms with Gasteiger partial charge >= 0.3 is 0 Å². The first-order valence-electron chi connectivity index (χ1n) is 7.02. The van der Waals surface area contributed by atoms with Crippen LogP contribution in [0.3, 0.4) is 0 Å². The van der Waals surface area contributed by atoms with Crippen LogP contribution in [0, 0.1) is 11.3 Å². The molecule has 1 aliphatic heterocycles. The Balaban J connectivity index is 1.86. The number of hydrogen-bond acceptors (Lipinski definition) is 2. The Morgan fingerprint density at radius 3 is 2.65 bits per heavy atom. The number of hydrogen-bond donors (Lipinski definition) is 2. The predicted octanol–water partition coefficient (Wildman–Crippen LogP) is 2.07. The third-order valence-corrected chi connectivity index (χ3v) is 4.44. The van der Waals surface area contributed by atoms with E-state index >= 15 is 0 Å². The molecule has 2 N–H and O–H groups in total. The van der Waals surface area contributed by atoms with Gasteiger partial charge in [0.05, 0.1) is 0 Å². The minimum atomic E-state index is -0.0392. The van der Waals surface area contributed by atoms with Crippen LogP contribution in [0.15, 0.2) is 0 Å². The molecule has 1 unspecified atom stereocenters. The fourth-order valence-electron chi connectivity index (χ4n) is 3.30. The topological polar surface area (TPSA) is 41.1 Å². The number of carbonyl (C=O) groups is 1. The van der Waals surface area contributed by atoms with Crippen LogP contribution in [0.2, 0.25) is 0 Å². The number of piperidine rings is 1. The smallest absolute Gasteiger partial charge is 0.224 e. The van der Waals surface area contributed by atoms with Crippen molar-refractivity contribution in [1.29, 1.82) is 0 Å². The normalized spacial score (nSPS) is 26.9. The van der Waals surface area contributed by atoms with Crippen molar-refractivity contribution in [2.75, 3.05) is 13.1 Å². The Kier molecular flexibility index (Phi) is 3.48. The zero-order valence-electron chi connectivity index (χ0n) is 11.4. The summed E-state index contributed by atoms with van der Waals surface area (Å²) in [6, 6.07) is 0. The molecular formula is C14H26N2O. The van der Waals surface area contributed by atoms with Crippen molar-refractivity contribution in [2.24, 2.45) is 11.3 Å². The Hall–Kier alpha value is -0.570. The maximum Gasteiger partial charge on any atom is 0.224 e. The van der Waals surface area contributed by atoms with E-state index in [1.54, 1.807) is 0 Å². The summed E-state index contributed by atoms with van der Waals surface area (Å²) >= 11 is 0. The van der Waals surface area contributed by atoms with Gasteiger partial charge in [-0.3, -0.25) is 4.79 Å². The number of amides is 1. The van der Waals surface area contributed by atoms with Crippen molar-refractivity contribution in [1.82, 2.24) is 10.6 Å². The molecule has 1 saturated carbocycles. The second kappa shape index (κ2) is 4.60. The van der Waals surface area contributed by atoms with Crippen LogP contribution in [-0.4, -0.2) is 24.5 Å². The molecule has 0 aromatic rings. The number of nitrogens with one attached hydrogen (secondary N) is 2. The highest BCUT2D eigenvalue weighted by atomic mass is 16.2. The molecule has 3 heteroatoms. The van der Waals surface area contributed by atoms with E-state index in [-0.39, 0.29) is 5.54 Å².